The molecule has 0 radical (unpaired) electrons. The zero-order chi connectivity index (χ0) is 18.3. The van der Waals surface area contributed by atoms with Crippen molar-refractivity contribution in [2.24, 2.45) is 0 Å². The number of nitrogens with one attached hydrogen (secondary N) is 1. The van der Waals surface area contributed by atoms with Gasteiger partial charge in [-0.25, -0.2) is 9.69 Å². The zero-order valence-electron chi connectivity index (χ0n) is 13.6. The third kappa shape index (κ3) is 2.72. The van der Waals surface area contributed by atoms with Gasteiger partial charge in [-0.15, -0.1) is 0 Å². The van der Waals surface area contributed by atoms with Gasteiger partial charge in [-0.3, -0.25) is 4.79 Å². The second-order valence-corrected chi connectivity index (χ2v) is 5.99. The summed E-state index contributed by atoms with van der Waals surface area (Å²) in [5, 5.41) is 3.00. The van der Waals surface area contributed by atoms with Gasteiger partial charge in [-0.05, 0) is 30.3 Å². The first kappa shape index (κ1) is 16.3. The molecule has 2 aliphatic heterocycles. The van der Waals surface area contributed by atoms with Crippen LogP contribution in [0.15, 0.2) is 42.1 Å². The number of ether oxygens (including phenoxy) is 3. The van der Waals surface area contributed by atoms with Crippen LogP contribution in [0.1, 0.15) is 5.56 Å². The second-order valence-electron chi connectivity index (χ2n) is 5.56. The minimum Gasteiger partial charge on any atom is -0.496 e. The topological polar surface area (TPSA) is 77.1 Å². The molecular weight excluding hydrogens is 360 g/mol. The third-order valence-electron chi connectivity index (χ3n) is 3.97. The number of rotatable bonds is 3. The lowest BCUT2D eigenvalue weighted by molar-refractivity contribution is -0.113. The lowest BCUT2D eigenvalue weighted by Crippen LogP contribution is -2.30. The molecule has 0 bridgehead atoms. The fourth-order valence-electron chi connectivity index (χ4n) is 2.77. The van der Waals surface area contributed by atoms with E-state index in [9.17, 15) is 9.59 Å². The van der Waals surface area contributed by atoms with Gasteiger partial charge in [0.05, 0.1) is 12.8 Å². The van der Waals surface area contributed by atoms with E-state index in [1.807, 2.05) is 0 Å². The number of methoxy groups -OCH3 is 1. The van der Waals surface area contributed by atoms with Crippen LogP contribution in [0.3, 0.4) is 0 Å². The summed E-state index contributed by atoms with van der Waals surface area (Å²) in [6.45, 7) is 0.122. The molecular formula is C18H13ClN2O5. The Bertz CT molecular complexity index is 957. The Kier molecular flexibility index (Phi) is 3.93. The van der Waals surface area contributed by atoms with Gasteiger partial charge in [0.1, 0.15) is 11.4 Å². The predicted octanol–water partition coefficient (Wildman–Crippen LogP) is 3.17. The molecule has 0 aliphatic carbocycles. The van der Waals surface area contributed by atoms with Crippen LogP contribution in [0, 0.1) is 0 Å². The highest BCUT2D eigenvalue weighted by atomic mass is 35.5. The van der Waals surface area contributed by atoms with Crippen LogP contribution in [0.25, 0.3) is 6.08 Å². The van der Waals surface area contributed by atoms with Gasteiger partial charge < -0.3 is 19.5 Å². The summed E-state index contributed by atoms with van der Waals surface area (Å²) < 4.78 is 16.0. The van der Waals surface area contributed by atoms with Crippen molar-refractivity contribution in [1.82, 2.24) is 5.32 Å². The number of urea groups is 1. The number of nitrogens with zero attached hydrogens (tertiary/aromatic N) is 1. The largest absolute Gasteiger partial charge is 0.496 e. The Balaban J connectivity index is 1.71. The number of carbonyl (C=O) groups excluding carboxylic acids is 2. The van der Waals surface area contributed by atoms with Gasteiger partial charge in [0.15, 0.2) is 11.5 Å². The lowest BCUT2D eigenvalue weighted by atomic mass is 10.1. The molecule has 2 aromatic rings. The number of halogens is 1. The Morgan fingerprint density at radius 1 is 1.19 bits per heavy atom. The maximum atomic E-state index is 12.7. The Morgan fingerprint density at radius 2 is 1.96 bits per heavy atom. The van der Waals surface area contributed by atoms with Crippen molar-refractivity contribution in [3.8, 4) is 17.2 Å². The average molecular weight is 373 g/mol. The normalized spacial score (nSPS) is 17.0. The lowest BCUT2D eigenvalue weighted by Gasteiger charge is -2.11. The standard InChI is InChI=1S/C18H13ClN2O5/c1-24-14-8-16-15(25-9-26-16)6-10(14)5-13-17(22)21(18(23)20-13)12-4-2-3-11(19)7-12/h2-8H,9H2,1H3,(H,20,23)/b13-5-. The average Bonchev–Trinajstić information content (AvgIpc) is 3.18. The molecule has 1 saturated heterocycles. The summed E-state index contributed by atoms with van der Waals surface area (Å²) >= 11 is 5.95. The van der Waals surface area contributed by atoms with E-state index < -0.39 is 11.9 Å². The molecule has 0 atom stereocenters. The van der Waals surface area contributed by atoms with Crippen molar-refractivity contribution in [3.05, 3.63) is 52.7 Å². The van der Waals surface area contributed by atoms with Crippen molar-refractivity contribution < 1.29 is 23.8 Å². The quantitative estimate of drug-likeness (QED) is 0.661. The smallest absolute Gasteiger partial charge is 0.333 e. The van der Waals surface area contributed by atoms with Gasteiger partial charge >= 0.3 is 6.03 Å². The van der Waals surface area contributed by atoms with Crippen molar-refractivity contribution in [1.29, 1.82) is 0 Å². The molecule has 132 valence electrons. The number of hydrogen-bond donors (Lipinski definition) is 1. The van der Waals surface area contributed by atoms with E-state index >= 15 is 0 Å². The fourth-order valence-corrected chi connectivity index (χ4v) is 2.95. The predicted molar refractivity (Wildman–Crippen MR) is 94.6 cm³/mol. The number of amides is 3. The van der Waals surface area contributed by atoms with E-state index in [1.54, 1.807) is 36.4 Å². The van der Waals surface area contributed by atoms with Gasteiger partial charge in [0, 0.05) is 16.7 Å². The van der Waals surface area contributed by atoms with E-state index in [1.165, 1.54) is 13.2 Å². The molecule has 2 aliphatic rings. The second kappa shape index (κ2) is 6.27. The Labute approximate surface area is 153 Å². The molecule has 7 nitrogen and oxygen atoms in total. The van der Waals surface area contributed by atoms with Crippen LogP contribution in [0.4, 0.5) is 10.5 Å². The van der Waals surface area contributed by atoms with Crippen LogP contribution in [-0.2, 0) is 4.79 Å². The highest BCUT2D eigenvalue weighted by Gasteiger charge is 2.35. The maximum absolute atomic E-state index is 12.7. The molecule has 8 heteroatoms. The molecule has 0 spiro atoms. The SMILES string of the molecule is COc1cc2c(cc1/C=C1\NC(=O)N(c3cccc(Cl)c3)C1=O)OCO2. The Morgan fingerprint density at radius 3 is 2.69 bits per heavy atom. The molecule has 1 fully saturated rings. The van der Waals surface area contributed by atoms with Crippen LogP contribution in [-0.4, -0.2) is 25.8 Å². The van der Waals surface area contributed by atoms with Gasteiger partial charge in [-0.1, -0.05) is 17.7 Å². The number of carbonyl (C=O) groups is 2. The minimum atomic E-state index is -0.553. The van der Waals surface area contributed by atoms with Crippen LogP contribution >= 0.6 is 11.6 Å². The molecule has 2 heterocycles. The molecule has 0 unspecified atom stereocenters. The van der Waals surface area contributed by atoms with Crippen LogP contribution in [0.2, 0.25) is 5.02 Å². The number of benzene rings is 2. The third-order valence-corrected chi connectivity index (χ3v) is 4.20. The first-order valence-electron chi connectivity index (χ1n) is 7.67. The maximum Gasteiger partial charge on any atom is 0.333 e. The van der Waals surface area contributed by atoms with E-state index in [2.05, 4.69) is 5.32 Å². The van der Waals surface area contributed by atoms with Crippen molar-refractivity contribution in [2.75, 3.05) is 18.8 Å². The first-order valence-corrected chi connectivity index (χ1v) is 8.05. The Hall–Kier alpha value is -3.19. The first-order chi connectivity index (χ1) is 12.6. The summed E-state index contributed by atoms with van der Waals surface area (Å²) in [7, 11) is 1.51. The molecule has 0 saturated carbocycles. The highest BCUT2D eigenvalue weighted by Crippen LogP contribution is 2.39. The van der Waals surface area contributed by atoms with Crippen LogP contribution in [0.5, 0.6) is 17.2 Å². The summed E-state index contributed by atoms with van der Waals surface area (Å²) in [4.78, 5) is 26.0. The van der Waals surface area contributed by atoms with Crippen molar-refractivity contribution in [3.63, 3.8) is 0 Å². The number of anilines is 1. The zero-order valence-corrected chi connectivity index (χ0v) is 14.4. The minimum absolute atomic E-state index is 0.118. The molecule has 4 rings (SSSR count). The molecule has 3 amide bonds. The molecule has 26 heavy (non-hydrogen) atoms. The number of hydrogen-bond acceptors (Lipinski definition) is 5. The number of fused-ring (bicyclic) bond motifs is 1. The van der Waals surface area contributed by atoms with E-state index in [-0.39, 0.29) is 12.5 Å². The molecule has 1 N–H and O–H groups in total. The van der Waals surface area contributed by atoms with Gasteiger partial charge in [0.25, 0.3) is 5.91 Å². The summed E-state index contributed by atoms with van der Waals surface area (Å²) in [5.41, 5.74) is 1.08. The summed E-state index contributed by atoms with van der Waals surface area (Å²) in [6.07, 6.45) is 1.53. The summed E-state index contributed by atoms with van der Waals surface area (Å²) in [6, 6.07) is 9.32. The van der Waals surface area contributed by atoms with Crippen LogP contribution < -0.4 is 24.4 Å². The number of imide groups is 1. The fraction of sp³-hybridized carbons (Fsp3) is 0.111. The van der Waals surface area contributed by atoms with E-state index in [0.717, 1.165) is 4.90 Å². The molecule has 2 aromatic carbocycles. The molecule has 0 aromatic heterocycles. The monoisotopic (exact) mass is 372 g/mol. The van der Waals surface area contributed by atoms with Crippen molar-refractivity contribution >= 4 is 35.3 Å². The van der Waals surface area contributed by atoms with E-state index in [0.29, 0.717) is 33.5 Å². The summed E-state index contributed by atoms with van der Waals surface area (Å²) in [5.74, 6) is 1.11. The van der Waals surface area contributed by atoms with E-state index in [4.69, 9.17) is 25.8 Å². The van der Waals surface area contributed by atoms with Gasteiger partial charge in [0.2, 0.25) is 6.79 Å². The highest BCUT2D eigenvalue weighted by molar-refractivity contribution is 6.32. The van der Waals surface area contributed by atoms with Crippen molar-refractivity contribution in [2.45, 2.75) is 0 Å². The van der Waals surface area contributed by atoms with Gasteiger partial charge in [-0.2, -0.15) is 0 Å².